The Labute approximate surface area is 214 Å². The van der Waals surface area contributed by atoms with Gasteiger partial charge in [-0.15, -0.1) is 0 Å². The van der Waals surface area contributed by atoms with E-state index < -0.39 is 5.91 Å². The molecule has 5 rings (SSSR count). The van der Waals surface area contributed by atoms with E-state index in [1.807, 2.05) is 61.5 Å². The molecule has 0 aliphatic carbocycles. The molecular weight excluding hydrogens is 460 g/mol. The number of rotatable bonds is 5. The van der Waals surface area contributed by atoms with E-state index in [0.29, 0.717) is 28.1 Å². The summed E-state index contributed by atoms with van der Waals surface area (Å²) in [6, 6.07) is 29.3. The van der Waals surface area contributed by atoms with Crippen LogP contribution < -0.4 is 10.6 Å². The van der Waals surface area contributed by atoms with Gasteiger partial charge in [-0.05, 0) is 89.7 Å². The number of hydrogen-bond acceptors (Lipinski definition) is 4. The van der Waals surface area contributed by atoms with Crippen LogP contribution in [0.15, 0.2) is 103 Å². The summed E-state index contributed by atoms with van der Waals surface area (Å²) in [7, 11) is 0. The smallest absolute Gasteiger partial charge is 0.262 e. The van der Waals surface area contributed by atoms with E-state index in [0.717, 1.165) is 27.5 Å². The first-order chi connectivity index (χ1) is 17.9. The third-order valence-corrected chi connectivity index (χ3v) is 6.28. The van der Waals surface area contributed by atoms with E-state index in [1.54, 1.807) is 53.7 Å². The van der Waals surface area contributed by atoms with Crippen LogP contribution in [-0.4, -0.2) is 16.8 Å². The molecule has 4 aromatic carbocycles. The Morgan fingerprint density at radius 2 is 1.59 bits per heavy atom. The predicted octanol–water partition coefficient (Wildman–Crippen LogP) is 6.16. The van der Waals surface area contributed by atoms with Gasteiger partial charge in [-0.3, -0.25) is 19.5 Å². The number of nitriles is 1. The van der Waals surface area contributed by atoms with Gasteiger partial charge in [0.2, 0.25) is 5.91 Å². The number of pyridine rings is 1. The Morgan fingerprint density at radius 1 is 0.838 bits per heavy atom. The number of nitrogens with zero attached hydrogens (tertiary/aromatic N) is 3. The van der Waals surface area contributed by atoms with Crippen molar-refractivity contribution in [2.24, 2.45) is 5.73 Å². The van der Waals surface area contributed by atoms with Gasteiger partial charge in [-0.25, -0.2) is 0 Å². The van der Waals surface area contributed by atoms with Crippen LogP contribution in [-0.2, 0) is 0 Å². The lowest BCUT2D eigenvalue weighted by molar-refractivity contribution is 0.0991. The van der Waals surface area contributed by atoms with Crippen molar-refractivity contribution in [1.29, 1.82) is 5.26 Å². The molecule has 0 saturated heterocycles. The molecule has 0 radical (unpaired) electrons. The first-order valence-electron chi connectivity index (χ1n) is 11.6. The summed E-state index contributed by atoms with van der Waals surface area (Å²) in [4.78, 5) is 31.4. The topological polar surface area (TPSA) is 100 Å². The largest absolute Gasteiger partial charge is 0.366 e. The molecule has 0 aliphatic rings. The highest BCUT2D eigenvalue weighted by Gasteiger charge is 2.22. The zero-order valence-electron chi connectivity index (χ0n) is 20.1. The van der Waals surface area contributed by atoms with E-state index in [-0.39, 0.29) is 5.91 Å². The molecule has 37 heavy (non-hydrogen) atoms. The highest BCUT2D eigenvalue weighted by Crippen LogP contribution is 2.32. The molecule has 0 fully saturated rings. The zero-order chi connectivity index (χ0) is 25.9. The normalized spacial score (nSPS) is 10.6. The van der Waals surface area contributed by atoms with Crippen molar-refractivity contribution < 1.29 is 9.59 Å². The first-order valence-corrected chi connectivity index (χ1v) is 11.6. The van der Waals surface area contributed by atoms with E-state index in [4.69, 9.17) is 5.73 Å². The van der Waals surface area contributed by atoms with Gasteiger partial charge in [0.05, 0.1) is 17.3 Å². The van der Waals surface area contributed by atoms with Gasteiger partial charge in [0.25, 0.3) is 5.91 Å². The number of amides is 2. The zero-order valence-corrected chi connectivity index (χ0v) is 20.1. The molecule has 0 bridgehead atoms. The minimum absolute atomic E-state index is 0.237. The summed E-state index contributed by atoms with van der Waals surface area (Å²) in [6.45, 7) is 1.97. The maximum absolute atomic E-state index is 14.1. The molecule has 1 aromatic heterocycles. The standard InChI is InChI=1S/C31H22N4O2/c1-20-5-6-25(17-29(20)22-7-9-23(10-8-22)30(33)36)31(37)35(27-4-2-3-21(15-27)18-32)28-12-11-26-19-34-14-13-24(26)16-28/h2-17,19H,1H3,(H2,33,36). The van der Waals surface area contributed by atoms with Gasteiger partial charge < -0.3 is 5.73 Å². The van der Waals surface area contributed by atoms with Crippen LogP contribution in [0.4, 0.5) is 11.4 Å². The van der Waals surface area contributed by atoms with Gasteiger partial charge in [-0.2, -0.15) is 5.26 Å². The molecule has 0 unspecified atom stereocenters. The fourth-order valence-corrected chi connectivity index (χ4v) is 4.32. The minimum Gasteiger partial charge on any atom is -0.366 e. The third-order valence-electron chi connectivity index (χ3n) is 6.28. The maximum Gasteiger partial charge on any atom is 0.262 e. The van der Waals surface area contributed by atoms with Crippen molar-refractivity contribution in [2.75, 3.05) is 4.90 Å². The summed E-state index contributed by atoms with van der Waals surface area (Å²) in [5, 5.41) is 11.4. The average molecular weight is 483 g/mol. The van der Waals surface area contributed by atoms with Crippen LogP contribution in [0.5, 0.6) is 0 Å². The summed E-state index contributed by atoms with van der Waals surface area (Å²) in [5.41, 5.74) is 10.7. The summed E-state index contributed by atoms with van der Waals surface area (Å²) in [5.74, 6) is -0.730. The van der Waals surface area contributed by atoms with Crippen molar-refractivity contribution in [1.82, 2.24) is 4.98 Å². The van der Waals surface area contributed by atoms with Crippen LogP contribution in [0.1, 0.15) is 31.8 Å². The van der Waals surface area contributed by atoms with Crippen molar-refractivity contribution in [3.8, 4) is 17.2 Å². The Kier molecular flexibility index (Phi) is 6.19. The average Bonchev–Trinajstić information content (AvgIpc) is 2.93. The molecular formula is C31H22N4O2. The van der Waals surface area contributed by atoms with Crippen LogP contribution in [0, 0.1) is 18.3 Å². The summed E-state index contributed by atoms with van der Waals surface area (Å²) in [6.07, 6.45) is 3.49. The van der Waals surface area contributed by atoms with Gasteiger partial charge in [0.15, 0.2) is 0 Å². The van der Waals surface area contributed by atoms with E-state index in [9.17, 15) is 14.9 Å². The lowest BCUT2D eigenvalue weighted by Crippen LogP contribution is -2.26. The van der Waals surface area contributed by atoms with Gasteiger partial charge >= 0.3 is 0 Å². The second-order valence-corrected chi connectivity index (χ2v) is 8.68. The summed E-state index contributed by atoms with van der Waals surface area (Å²) >= 11 is 0. The fraction of sp³-hybridized carbons (Fsp3) is 0.0323. The minimum atomic E-state index is -0.492. The Bertz CT molecular complexity index is 1700. The molecule has 178 valence electrons. The van der Waals surface area contributed by atoms with Gasteiger partial charge in [0.1, 0.15) is 0 Å². The molecule has 0 saturated carbocycles. The number of fused-ring (bicyclic) bond motifs is 1. The molecule has 0 aliphatic heterocycles. The number of benzene rings is 4. The van der Waals surface area contributed by atoms with Crippen molar-refractivity contribution in [2.45, 2.75) is 6.92 Å². The Balaban J connectivity index is 1.62. The Morgan fingerprint density at radius 3 is 2.35 bits per heavy atom. The number of aryl methyl sites for hydroxylation is 1. The molecule has 2 N–H and O–H groups in total. The lowest BCUT2D eigenvalue weighted by atomic mass is 9.96. The van der Waals surface area contributed by atoms with E-state index in [1.165, 1.54) is 0 Å². The van der Waals surface area contributed by atoms with Crippen molar-refractivity contribution >= 4 is 34.0 Å². The van der Waals surface area contributed by atoms with Crippen LogP contribution in [0.25, 0.3) is 21.9 Å². The quantitative estimate of drug-likeness (QED) is 0.324. The van der Waals surface area contributed by atoms with Crippen molar-refractivity contribution in [3.05, 3.63) is 126 Å². The molecule has 1 heterocycles. The maximum atomic E-state index is 14.1. The number of carbonyl (C=O) groups excluding carboxylic acids is 2. The second kappa shape index (κ2) is 9.76. The summed E-state index contributed by atoms with van der Waals surface area (Å²) < 4.78 is 0. The highest BCUT2D eigenvalue weighted by atomic mass is 16.2. The molecule has 0 spiro atoms. The number of nitrogens with two attached hydrogens (primary N) is 1. The molecule has 6 nitrogen and oxygen atoms in total. The van der Waals surface area contributed by atoms with Crippen molar-refractivity contribution in [3.63, 3.8) is 0 Å². The van der Waals surface area contributed by atoms with Crippen LogP contribution in [0.2, 0.25) is 0 Å². The number of primary amides is 1. The fourth-order valence-electron chi connectivity index (χ4n) is 4.32. The monoisotopic (exact) mass is 482 g/mol. The Hall–Kier alpha value is -5.28. The molecule has 0 atom stereocenters. The third kappa shape index (κ3) is 4.66. The molecule has 6 heteroatoms. The van der Waals surface area contributed by atoms with E-state index in [2.05, 4.69) is 11.1 Å². The number of carbonyl (C=O) groups is 2. The number of hydrogen-bond donors (Lipinski definition) is 1. The first kappa shape index (κ1) is 23.5. The number of aromatic nitrogens is 1. The van der Waals surface area contributed by atoms with Gasteiger partial charge in [-0.1, -0.05) is 30.3 Å². The van der Waals surface area contributed by atoms with E-state index >= 15 is 0 Å². The second-order valence-electron chi connectivity index (χ2n) is 8.68. The number of anilines is 2. The van der Waals surface area contributed by atoms with Crippen LogP contribution in [0.3, 0.4) is 0 Å². The predicted molar refractivity (Wildman–Crippen MR) is 145 cm³/mol. The highest BCUT2D eigenvalue weighted by molar-refractivity contribution is 6.12. The van der Waals surface area contributed by atoms with Gasteiger partial charge in [0, 0.05) is 34.6 Å². The lowest BCUT2D eigenvalue weighted by Gasteiger charge is -2.24. The molecule has 2 amide bonds. The SMILES string of the molecule is Cc1ccc(C(=O)N(c2cccc(C#N)c2)c2ccc3cnccc3c2)cc1-c1ccc(C(N)=O)cc1. The van der Waals surface area contributed by atoms with Crippen LogP contribution >= 0.6 is 0 Å². The molecule has 5 aromatic rings.